The van der Waals surface area contributed by atoms with Crippen LogP contribution in [0.2, 0.25) is 0 Å². The third-order valence-corrected chi connectivity index (χ3v) is 5.00. The largest absolute Gasteiger partial charge is 0.369 e. The summed E-state index contributed by atoms with van der Waals surface area (Å²) < 4.78 is 0. The van der Waals surface area contributed by atoms with Gasteiger partial charge in [-0.25, -0.2) is 4.79 Å². The zero-order valence-electron chi connectivity index (χ0n) is 16.6. The van der Waals surface area contributed by atoms with Crippen LogP contribution in [0.5, 0.6) is 0 Å². The van der Waals surface area contributed by atoms with Crippen molar-refractivity contribution in [2.24, 2.45) is 0 Å². The second-order valence-corrected chi connectivity index (χ2v) is 7.26. The molecule has 0 spiro atoms. The van der Waals surface area contributed by atoms with Crippen molar-refractivity contribution in [2.45, 2.75) is 13.3 Å². The Labute approximate surface area is 166 Å². The van der Waals surface area contributed by atoms with Gasteiger partial charge in [0.15, 0.2) is 5.78 Å². The number of hydrogen-bond acceptors (Lipinski definition) is 4. The van der Waals surface area contributed by atoms with Gasteiger partial charge in [0, 0.05) is 56.1 Å². The van der Waals surface area contributed by atoms with E-state index >= 15 is 0 Å². The number of anilines is 2. The second-order valence-electron chi connectivity index (χ2n) is 7.26. The Kier molecular flexibility index (Phi) is 6.66. The molecule has 0 atom stereocenters. The number of nitrogens with one attached hydrogen (secondary N) is 2. The Hall–Kier alpha value is -2.86. The number of Topliss-reactive ketones (excluding diaryl/α,β-unsaturated/α-hetero) is 1. The molecule has 1 aliphatic rings. The Morgan fingerprint density at radius 2 is 1.57 bits per heavy atom. The van der Waals surface area contributed by atoms with Crippen molar-refractivity contribution in [1.82, 2.24) is 10.2 Å². The highest BCUT2D eigenvalue weighted by Crippen LogP contribution is 2.19. The van der Waals surface area contributed by atoms with Crippen molar-refractivity contribution in [3.8, 4) is 0 Å². The van der Waals surface area contributed by atoms with Crippen molar-refractivity contribution in [1.29, 1.82) is 0 Å². The molecule has 1 fully saturated rings. The molecule has 0 radical (unpaired) electrons. The minimum atomic E-state index is -0.302. The highest BCUT2D eigenvalue weighted by atomic mass is 16.2. The van der Waals surface area contributed by atoms with Crippen LogP contribution in [0, 0.1) is 6.92 Å². The average Bonchev–Trinajstić information content (AvgIpc) is 2.70. The summed E-state index contributed by atoms with van der Waals surface area (Å²) in [6, 6.07) is 15.0. The smallest absolute Gasteiger partial charge is 0.319 e. The molecule has 6 nitrogen and oxygen atoms in total. The van der Waals surface area contributed by atoms with Crippen LogP contribution in [0.3, 0.4) is 0 Å². The summed E-state index contributed by atoms with van der Waals surface area (Å²) in [5.41, 5.74) is 3.70. The minimum absolute atomic E-state index is 0.0248. The monoisotopic (exact) mass is 380 g/mol. The molecule has 0 aromatic heterocycles. The number of likely N-dealkylation sites (N-methyl/N-ethyl adjacent to an activating group) is 1. The van der Waals surface area contributed by atoms with E-state index in [-0.39, 0.29) is 18.2 Å². The number of ketones is 1. The number of aryl methyl sites for hydroxylation is 1. The van der Waals surface area contributed by atoms with Gasteiger partial charge in [-0.1, -0.05) is 29.8 Å². The fraction of sp³-hybridized carbons (Fsp3) is 0.364. The van der Waals surface area contributed by atoms with E-state index in [0.717, 1.165) is 37.4 Å². The zero-order valence-corrected chi connectivity index (χ0v) is 16.6. The summed E-state index contributed by atoms with van der Waals surface area (Å²) in [5.74, 6) is 0.0248. The fourth-order valence-electron chi connectivity index (χ4n) is 3.17. The number of piperazine rings is 1. The molecule has 1 heterocycles. The van der Waals surface area contributed by atoms with Crippen LogP contribution in [0.4, 0.5) is 16.2 Å². The van der Waals surface area contributed by atoms with E-state index in [1.807, 2.05) is 55.5 Å². The van der Waals surface area contributed by atoms with Gasteiger partial charge in [-0.3, -0.25) is 4.79 Å². The summed E-state index contributed by atoms with van der Waals surface area (Å²) in [4.78, 5) is 28.8. The molecule has 2 N–H and O–H groups in total. The lowest BCUT2D eigenvalue weighted by molar-refractivity contribution is 0.0983. The van der Waals surface area contributed by atoms with E-state index in [1.54, 1.807) is 0 Å². The Morgan fingerprint density at radius 1 is 0.929 bits per heavy atom. The Bertz CT molecular complexity index is 794. The number of hydrogen-bond donors (Lipinski definition) is 2. The van der Waals surface area contributed by atoms with Crippen LogP contribution in [-0.2, 0) is 0 Å². The van der Waals surface area contributed by atoms with Crippen LogP contribution in [0.25, 0.3) is 0 Å². The van der Waals surface area contributed by atoms with Gasteiger partial charge in [0.05, 0.1) is 0 Å². The summed E-state index contributed by atoms with van der Waals surface area (Å²) in [7, 11) is 2.14. The number of urea groups is 1. The molecule has 0 aliphatic carbocycles. The first-order valence-electron chi connectivity index (χ1n) is 9.69. The third-order valence-electron chi connectivity index (χ3n) is 5.00. The maximum atomic E-state index is 12.1. The molecular formula is C22H28N4O2. The van der Waals surface area contributed by atoms with Crippen LogP contribution < -0.4 is 15.5 Å². The lowest BCUT2D eigenvalue weighted by Gasteiger charge is -2.34. The second kappa shape index (κ2) is 9.37. The SMILES string of the molecule is Cc1ccc(C(=O)CCNC(=O)Nc2ccc(N3CCN(C)CC3)cc2)cc1. The number of amides is 2. The van der Waals surface area contributed by atoms with E-state index in [4.69, 9.17) is 0 Å². The van der Waals surface area contributed by atoms with Crippen LogP contribution in [-0.4, -0.2) is 56.5 Å². The van der Waals surface area contributed by atoms with Gasteiger partial charge in [0.2, 0.25) is 0 Å². The van der Waals surface area contributed by atoms with Crippen molar-refractivity contribution < 1.29 is 9.59 Å². The number of carbonyl (C=O) groups excluding carboxylic acids is 2. The van der Waals surface area contributed by atoms with Crippen molar-refractivity contribution in [3.63, 3.8) is 0 Å². The number of carbonyl (C=O) groups is 2. The van der Waals surface area contributed by atoms with Crippen molar-refractivity contribution in [3.05, 3.63) is 59.7 Å². The first kappa shape index (κ1) is 19.9. The lowest BCUT2D eigenvalue weighted by atomic mass is 10.1. The van der Waals surface area contributed by atoms with Crippen LogP contribution in [0.1, 0.15) is 22.3 Å². The summed E-state index contributed by atoms with van der Waals surface area (Å²) in [6.07, 6.45) is 0.277. The van der Waals surface area contributed by atoms with Gasteiger partial charge in [0.25, 0.3) is 0 Å². The average molecular weight is 380 g/mol. The summed E-state index contributed by atoms with van der Waals surface area (Å²) in [6.45, 7) is 6.43. The fourth-order valence-corrected chi connectivity index (χ4v) is 3.17. The molecule has 6 heteroatoms. The molecule has 148 valence electrons. The van der Waals surface area contributed by atoms with Crippen LogP contribution >= 0.6 is 0 Å². The Balaban J connectivity index is 1.42. The van der Waals surface area contributed by atoms with E-state index in [9.17, 15) is 9.59 Å². The molecule has 1 saturated heterocycles. The highest BCUT2D eigenvalue weighted by molar-refractivity contribution is 5.96. The van der Waals surface area contributed by atoms with E-state index in [2.05, 4.69) is 27.5 Å². The Morgan fingerprint density at radius 3 is 2.21 bits per heavy atom. The molecule has 2 aromatic carbocycles. The molecular weight excluding hydrogens is 352 g/mol. The lowest BCUT2D eigenvalue weighted by Crippen LogP contribution is -2.44. The van der Waals surface area contributed by atoms with Crippen molar-refractivity contribution >= 4 is 23.2 Å². The maximum absolute atomic E-state index is 12.1. The molecule has 0 unspecified atom stereocenters. The topological polar surface area (TPSA) is 64.7 Å². The quantitative estimate of drug-likeness (QED) is 0.756. The first-order valence-corrected chi connectivity index (χ1v) is 9.69. The maximum Gasteiger partial charge on any atom is 0.319 e. The van der Waals surface area contributed by atoms with E-state index < -0.39 is 0 Å². The summed E-state index contributed by atoms with van der Waals surface area (Å²) in [5, 5.41) is 5.55. The molecule has 3 rings (SSSR count). The zero-order chi connectivity index (χ0) is 19.9. The number of rotatable bonds is 6. The molecule has 2 amide bonds. The van der Waals surface area contributed by atoms with Gasteiger partial charge in [-0.15, -0.1) is 0 Å². The number of nitrogens with zero attached hydrogens (tertiary/aromatic N) is 2. The molecule has 28 heavy (non-hydrogen) atoms. The van der Waals surface area contributed by atoms with Gasteiger partial charge < -0.3 is 20.4 Å². The van der Waals surface area contributed by atoms with E-state index in [0.29, 0.717) is 12.1 Å². The number of benzene rings is 2. The van der Waals surface area contributed by atoms with Gasteiger partial charge in [-0.2, -0.15) is 0 Å². The standard InChI is InChI=1S/C22H28N4O2/c1-17-3-5-18(6-4-17)21(27)11-12-23-22(28)24-19-7-9-20(10-8-19)26-15-13-25(2)14-16-26/h3-10H,11-16H2,1-2H3,(H2,23,24,28). The summed E-state index contributed by atoms with van der Waals surface area (Å²) >= 11 is 0. The van der Waals surface area contributed by atoms with Gasteiger partial charge >= 0.3 is 6.03 Å². The van der Waals surface area contributed by atoms with Crippen molar-refractivity contribution in [2.75, 3.05) is 50.0 Å². The molecule has 0 saturated carbocycles. The molecule has 0 bridgehead atoms. The van der Waals surface area contributed by atoms with Gasteiger partial charge in [0.1, 0.15) is 0 Å². The predicted molar refractivity (Wildman–Crippen MR) is 113 cm³/mol. The van der Waals surface area contributed by atoms with E-state index in [1.165, 1.54) is 5.69 Å². The normalized spacial score (nSPS) is 14.6. The predicted octanol–water partition coefficient (Wildman–Crippen LogP) is 3.14. The van der Waals surface area contributed by atoms with Gasteiger partial charge in [-0.05, 0) is 38.2 Å². The molecule has 2 aromatic rings. The highest BCUT2D eigenvalue weighted by Gasteiger charge is 2.14. The molecule has 1 aliphatic heterocycles. The van der Waals surface area contributed by atoms with Crippen LogP contribution in [0.15, 0.2) is 48.5 Å². The minimum Gasteiger partial charge on any atom is -0.369 e. The first-order chi connectivity index (χ1) is 13.5. The third kappa shape index (κ3) is 5.57.